The van der Waals surface area contributed by atoms with Gasteiger partial charge in [-0.2, -0.15) is 0 Å². The third kappa shape index (κ3) is 7.17. The summed E-state index contributed by atoms with van der Waals surface area (Å²) in [6, 6.07) is 11.3. The number of anilines is 1. The van der Waals surface area contributed by atoms with Gasteiger partial charge in [0.2, 0.25) is 21.8 Å². The minimum Gasteiger partial charge on any atom is -0.354 e. The van der Waals surface area contributed by atoms with Gasteiger partial charge in [0.1, 0.15) is 18.4 Å². The van der Waals surface area contributed by atoms with Crippen LogP contribution < -0.4 is 9.62 Å². The largest absolute Gasteiger partial charge is 0.354 e. The van der Waals surface area contributed by atoms with Gasteiger partial charge in [-0.05, 0) is 36.6 Å². The van der Waals surface area contributed by atoms with Gasteiger partial charge in [-0.3, -0.25) is 13.9 Å². The number of halogens is 2. The van der Waals surface area contributed by atoms with Gasteiger partial charge in [0.25, 0.3) is 0 Å². The van der Waals surface area contributed by atoms with Crippen LogP contribution in [0.1, 0.15) is 32.3 Å². The van der Waals surface area contributed by atoms with Crippen LogP contribution >= 0.6 is 11.6 Å². The van der Waals surface area contributed by atoms with Crippen molar-refractivity contribution >= 4 is 39.1 Å². The number of nitrogens with one attached hydrogen (secondary N) is 1. The molecule has 0 fully saturated rings. The van der Waals surface area contributed by atoms with Gasteiger partial charge in [-0.15, -0.1) is 0 Å². The summed E-state index contributed by atoms with van der Waals surface area (Å²) in [5.41, 5.74) is 0.362. The number of nitrogens with zero attached hydrogens (tertiary/aromatic N) is 2. The van der Waals surface area contributed by atoms with E-state index in [0.29, 0.717) is 27.9 Å². The molecule has 0 radical (unpaired) electrons. The first kappa shape index (κ1) is 26.6. The molecule has 0 saturated carbocycles. The predicted octanol–water partition coefficient (Wildman–Crippen LogP) is 3.58. The normalized spacial score (nSPS) is 12.2. The third-order valence-corrected chi connectivity index (χ3v) is 6.53. The highest BCUT2D eigenvalue weighted by Gasteiger charge is 2.32. The van der Waals surface area contributed by atoms with Crippen molar-refractivity contribution in [3.05, 3.63) is 64.9 Å². The molecule has 10 heteroatoms. The topological polar surface area (TPSA) is 86.8 Å². The van der Waals surface area contributed by atoms with E-state index in [1.165, 1.54) is 23.1 Å². The number of benzene rings is 2. The quantitative estimate of drug-likeness (QED) is 0.514. The van der Waals surface area contributed by atoms with E-state index in [1.807, 2.05) is 6.92 Å². The minimum atomic E-state index is -4.00. The summed E-state index contributed by atoms with van der Waals surface area (Å²) in [4.78, 5) is 27.6. The third-order valence-electron chi connectivity index (χ3n) is 5.03. The second-order valence-electron chi connectivity index (χ2n) is 7.55. The van der Waals surface area contributed by atoms with Gasteiger partial charge in [-0.1, -0.05) is 55.8 Å². The molecule has 1 N–H and O–H groups in total. The van der Waals surface area contributed by atoms with Gasteiger partial charge in [-0.25, -0.2) is 12.8 Å². The van der Waals surface area contributed by atoms with Crippen LogP contribution in [-0.2, 0) is 26.2 Å². The Balaban J connectivity index is 2.45. The average Bonchev–Trinajstić information content (AvgIpc) is 2.76. The monoisotopic (exact) mass is 497 g/mol. The van der Waals surface area contributed by atoms with E-state index < -0.39 is 34.3 Å². The zero-order valence-corrected chi connectivity index (χ0v) is 20.5. The van der Waals surface area contributed by atoms with E-state index in [9.17, 15) is 22.4 Å². The molecule has 7 nitrogen and oxygen atoms in total. The number of amides is 2. The van der Waals surface area contributed by atoms with E-state index in [0.717, 1.165) is 18.7 Å². The number of carbonyl (C=O) groups is 2. The Hall–Kier alpha value is -2.65. The molecule has 2 aromatic rings. The highest BCUT2D eigenvalue weighted by Crippen LogP contribution is 2.24. The van der Waals surface area contributed by atoms with Crippen LogP contribution in [0.2, 0.25) is 5.02 Å². The molecule has 0 aromatic heterocycles. The first-order valence-corrected chi connectivity index (χ1v) is 12.9. The molecule has 2 aromatic carbocycles. The fraction of sp³-hybridized carbons (Fsp3) is 0.391. The Morgan fingerprint density at radius 1 is 1.09 bits per heavy atom. The minimum absolute atomic E-state index is 0.00850. The Bertz CT molecular complexity index is 1080. The van der Waals surface area contributed by atoms with Gasteiger partial charge < -0.3 is 10.2 Å². The van der Waals surface area contributed by atoms with Crippen LogP contribution in [0.15, 0.2) is 48.5 Å². The van der Waals surface area contributed by atoms with Crippen LogP contribution in [0.25, 0.3) is 0 Å². The predicted molar refractivity (Wildman–Crippen MR) is 128 cm³/mol. The van der Waals surface area contributed by atoms with Crippen LogP contribution in [0, 0.1) is 5.82 Å². The molecule has 2 rings (SSSR count). The van der Waals surface area contributed by atoms with E-state index >= 15 is 0 Å². The summed E-state index contributed by atoms with van der Waals surface area (Å²) in [5.74, 6) is -1.78. The van der Waals surface area contributed by atoms with Crippen LogP contribution in [-0.4, -0.2) is 50.5 Å². The first-order valence-electron chi connectivity index (χ1n) is 10.6. The van der Waals surface area contributed by atoms with Crippen LogP contribution in [0.3, 0.4) is 0 Å². The fourth-order valence-corrected chi connectivity index (χ4v) is 4.39. The van der Waals surface area contributed by atoms with Crippen molar-refractivity contribution in [1.29, 1.82) is 0 Å². The van der Waals surface area contributed by atoms with E-state index in [1.54, 1.807) is 31.2 Å². The molecule has 0 spiro atoms. The van der Waals surface area contributed by atoms with E-state index in [2.05, 4.69) is 5.32 Å². The molecule has 180 valence electrons. The lowest BCUT2D eigenvalue weighted by molar-refractivity contribution is -0.140. The zero-order valence-electron chi connectivity index (χ0n) is 18.9. The van der Waals surface area contributed by atoms with E-state index in [4.69, 9.17) is 11.6 Å². The molecular formula is C23H29ClFN3O4S. The zero-order chi connectivity index (χ0) is 24.6. The van der Waals surface area contributed by atoms with Crippen LogP contribution in [0.4, 0.5) is 10.1 Å². The summed E-state index contributed by atoms with van der Waals surface area (Å²) in [6.07, 6.45) is 1.91. The number of rotatable bonds is 11. The maximum atomic E-state index is 14.4. The number of hydrogen-bond donors (Lipinski definition) is 1. The Morgan fingerprint density at radius 2 is 1.73 bits per heavy atom. The Morgan fingerprint density at radius 3 is 2.30 bits per heavy atom. The lowest BCUT2D eigenvalue weighted by Crippen LogP contribution is -2.52. The smallest absolute Gasteiger partial charge is 0.244 e. The summed E-state index contributed by atoms with van der Waals surface area (Å²) in [5, 5.41) is 3.20. The Kier molecular flexibility index (Phi) is 9.67. The number of sulfonamides is 1. The molecule has 0 aliphatic carbocycles. The van der Waals surface area contributed by atoms with Crippen molar-refractivity contribution in [3.8, 4) is 0 Å². The van der Waals surface area contributed by atoms with Crippen molar-refractivity contribution in [2.24, 2.45) is 0 Å². The van der Waals surface area contributed by atoms with Crippen molar-refractivity contribution < 1.29 is 22.4 Å². The molecule has 0 saturated heterocycles. The van der Waals surface area contributed by atoms with Crippen molar-refractivity contribution in [2.75, 3.05) is 23.7 Å². The molecule has 33 heavy (non-hydrogen) atoms. The standard InChI is InChI=1S/C23H29ClFN3O4S/c1-4-14-26-23(30)20(5-2)27(15-17-10-6-7-11-18(17)24)22(29)16-28(33(3,31)32)21-13-9-8-12-19(21)25/h6-13,20H,4-5,14-16H2,1-3H3,(H,26,30)/t20-/m1/s1. The van der Waals surface area contributed by atoms with E-state index in [-0.39, 0.29) is 18.1 Å². The average molecular weight is 498 g/mol. The number of para-hydroxylation sites is 1. The molecule has 0 bridgehead atoms. The lowest BCUT2D eigenvalue weighted by atomic mass is 10.1. The molecular weight excluding hydrogens is 469 g/mol. The second kappa shape index (κ2) is 12.0. The van der Waals surface area contributed by atoms with Gasteiger partial charge in [0, 0.05) is 18.1 Å². The molecule has 2 amide bonds. The summed E-state index contributed by atoms with van der Waals surface area (Å²) < 4.78 is 40.0. The Labute approximate surface area is 199 Å². The molecule has 0 heterocycles. The van der Waals surface area contributed by atoms with Crippen LogP contribution in [0.5, 0.6) is 0 Å². The first-order chi connectivity index (χ1) is 15.6. The van der Waals surface area contributed by atoms with Gasteiger partial charge >= 0.3 is 0 Å². The maximum absolute atomic E-state index is 14.4. The van der Waals surface area contributed by atoms with Gasteiger partial charge in [0.05, 0.1) is 11.9 Å². The molecule has 1 atom stereocenters. The highest BCUT2D eigenvalue weighted by molar-refractivity contribution is 7.92. The molecule has 0 aliphatic heterocycles. The lowest BCUT2D eigenvalue weighted by Gasteiger charge is -2.33. The second-order valence-corrected chi connectivity index (χ2v) is 9.86. The van der Waals surface area contributed by atoms with Gasteiger partial charge in [0.15, 0.2) is 0 Å². The maximum Gasteiger partial charge on any atom is 0.244 e. The highest BCUT2D eigenvalue weighted by atomic mass is 35.5. The van der Waals surface area contributed by atoms with Crippen molar-refractivity contribution in [2.45, 2.75) is 39.3 Å². The summed E-state index contributed by atoms with van der Waals surface area (Å²) in [6.45, 7) is 3.43. The van der Waals surface area contributed by atoms with Crippen molar-refractivity contribution in [3.63, 3.8) is 0 Å². The molecule has 0 unspecified atom stereocenters. The number of carbonyl (C=O) groups excluding carboxylic acids is 2. The summed E-state index contributed by atoms with van der Waals surface area (Å²) >= 11 is 6.28. The SMILES string of the molecule is CCCNC(=O)[C@@H](CC)N(Cc1ccccc1Cl)C(=O)CN(c1ccccc1F)S(C)(=O)=O. The fourth-order valence-electron chi connectivity index (χ4n) is 3.34. The summed E-state index contributed by atoms with van der Waals surface area (Å²) in [7, 11) is -4.00. The van der Waals surface area contributed by atoms with Crippen molar-refractivity contribution in [1.82, 2.24) is 10.2 Å². The molecule has 0 aliphatic rings. The number of hydrogen-bond acceptors (Lipinski definition) is 4.